The number of nitrogens with one attached hydrogen (secondary N) is 1. The van der Waals surface area contributed by atoms with Crippen LogP contribution in [0, 0.1) is 0 Å². The molecule has 0 aliphatic carbocycles. The third kappa shape index (κ3) is 4.57. The third-order valence-corrected chi connectivity index (χ3v) is 4.82. The van der Waals surface area contributed by atoms with Gasteiger partial charge in [0.15, 0.2) is 9.84 Å². The summed E-state index contributed by atoms with van der Waals surface area (Å²) in [5.41, 5.74) is 0.763. The fourth-order valence-corrected chi connectivity index (χ4v) is 3.14. The summed E-state index contributed by atoms with van der Waals surface area (Å²) in [4.78, 5) is 0.287. The van der Waals surface area contributed by atoms with Gasteiger partial charge in [-0.25, -0.2) is 8.42 Å². The van der Waals surface area contributed by atoms with Gasteiger partial charge in [0.05, 0.1) is 11.5 Å². The van der Waals surface area contributed by atoms with Crippen molar-refractivity contribution in [1.82, 2.24) is 15.5 Å². The Kier molecular flexibility index (Phi) is 5.40. The van der Waals surface area contributed by atoms with Crippen LogP contribution in [-0.4, -0.2) is 45.1 Å². The average Bonchev–Trinajstić information content (AvgIpc) is 2.92. The molecule has 1 N–H and O–H groups in total. The Morgan fingerprint density at radius 3 is 2.86 bits per heavy atom. The van der Waals surface area contributed by atoms with Gasteiger partial charge in [-0.3, -0.25) is 0 Å². The summed E-state index contributed by atoms with van der Waals surface area (Å²) in [6.45, 7) is 2.00. The molecule has 0 unspecified atom stereocenters. The van der Waals surface area contributed by atoms with Gasteiger partial charge >= 0.3 is 0 Å². The maximum atomic E-state index is 11.6. The van der Waals surface area contributed by atoms with E-state index in [1.54, 1.807) is 25.3 Å². The van der Waals surface area contributed by atoms with E-state index in [1.165, 1.54) is 17.6 Å². The van der Waals surface area contributed by atoms with Gasteiger partial charge in [-0.1, -0.05) is 23.5 Å². The van der Waals surface area contributed by atoms with Crippen molar-refractivity contribution in [3.8, 4) is 10.6 Å². The lowest BCUT2D eigenvalue weighted by atomic mass is 10.2. The van der Waals surface area contributed by atoms with Gasteiger partial charge in [0.1, 0.15) is 10.0 Å². The molecular formula is C13H17N3O3S2. The van der Waals surface area contributed by atoms with Crippen molar-refractivity contribution in [2.24, 2.45) is 0 Å². The Labute approximate surface area is 128 Å². The molecule has 0 spiro atoms. The van der Waals surface area contributed by atoms with Crippen molar-refractivity contribution in [1.29, 1.82) is 0 Å². The zero-order chi connectivity index (χ0) is 15.3. The van der Waals surface area contributed by atoms with Crippen LogP contribution >= 0.6 is 11.3 Å². The minimum absolute atomic E-state index is 0.287. The van der Waals surface area contributed by atoms with E-state index in [0.29, 0.717) is 18.2 Å². The highest BCUT2D eigenvalue weighted by molar-refractivity contribution is 7.90. The second-order valence-electron chi connectivity index (χ2n) is 4.47. The van der Waals surface area contributed by atoms with Crippen molar-refractivity contribution in [2.75, 3.05) is 26.5 Å². The van der Waals surface area contributed by atoms with Crippen LogP contribution in [0.15, 0.2) is 29.2 Å². The van der Waals surface area contributed by atoms with E-state index in [9.17, 15) is 8.42 Å². The molecule has 2 rings (SSSR count). The first-order valence-electron chi connectivity index (χ1n) is 6.33. The molecule has 114 valence electrons. The first-order valence-corrected chi connectivity index (χ1v) is 9.04. The SMILES string of the molecule is COCCNCc1nnc(-c2cccc(S(C)(=O)=O)c2)s1. The molecule has 1 heterocycles. The predicted octanol–water partition coefficient (Wildman–Crippen LogP) is 1.34. The second kappa shape index (κ2) is 7.08. The number of benzene rings is 1. The maximum absolute atomic E-state index is 11.6. The molecule has 8 heteroatoms. The van der Waals surface area contributed by atoms with Crippen molar-refractivity contribution < 1.29 is 13.2 Å². The molecule has 1 aromatic heterocycles. The molecule has 0 fully saturated rings. The summed E-state index contributed by atoms with van der Waals surface area (Å²) in [6, 6.07) is 6.74. The Balaban J connectivity index is 2.11. The normalized spacial score (nSPS) is 11.7. The van der Waals surface area contributed by atoms with Gasteiger partial charge in [0.25, 0.3) is 0 Å². The fraction of sp³-hybridized carbons (Fsp3) is 0.385. The summed E-state index contributed by atoms with van der Waals surface area (Å²) in [6.07, 6.45) is 1.19. The molecule has 0 radical (unpaired) electrons. The van der Waals surface area contributed by atoms with Crippen LogP contribution in [0.2, 0.25) is 0 Å². The van der Waals surface area contributed by atoms with Gasteiger partial charge in [-0.15, -0.1) is 10.2 Å². The smallest absolute Gasteiger partial charge is 0.175 e. The molecular weight excluding hydrogens is 310 g/mol. The lowest BCUT2D eigenvalue weighted by molar-refractivity contribution is 0.199. The van der Waals surface area contributed by atoms with Crippen LogP contribution in [0.3, 0.4) is 0 Å². The van der Waals surface area contributed by atoms with E-state index in [1.807, 2.05) is 6.07 Å². The van der Waals surface area contributed by atoms with Crippen LogP contribution in [-0.2, 0) is 21.1 Å². The molecule has 6 nitrogen and oxygen atoms in total. The van der Waals surface area contributed by atoms with Crippen molar-refractivity contribution in [2.45, 2.75) is 11.4 Å². The van der Waals surface area contributed by atoms with Crippen LogP contribution < -0.4 is 5.32 Å². The number of ether oxygens (including phenoxy) is 1. The second-order valence-corrected chi connectivity index (χ2v) is 7.55. The minimum Gasteiger partial charge on any atom is -0.383 e. The Morgan fingerprint density at radius 1 is 1.33 bits per heavy atom. The summed E-state index contributed by atoms with van der Waals surface area (Å²) in [7, 11) is -1.56. The van der Waals surface area contributed by atoms with Gasteiger partial charge < -0.3 is 10.1 Å². The Morgan fingerprint density at radius 2 is 2.14 bits per heavy atom. The van der Waals surface area contributed by atoms with Crippen LogP contribution in [0.4, 0.5) is 0 Å². The van der Waals surface area contributed by atoms with Crippen molar-refractivity contribution in [3.05, 3.63) is 29.3 Å². The van der Waals surface area contributed by atoms with Gasteiger partial charge in [-0.05, 0) is 12.1 Å². The summed E-state index contributed by atoms with van der Waals surface area (Å²) >= 11 is 1.44. The van der Waals surface area contributed by atoms with E-state index < -0.39 is 9.84 Å². The fourth-order valence-electron chi connectivity index (χ4n) is 1.67. The Hall–Kier alpha value is -1.35. The predicted molar refractivity (Wildman–Crippen MR) is 82.0 cm³/mol. The third-order valence-electron chi connectivity index (χ3n) is 2.74. The highest BCUT2D eigenvalue weighted by Gasteiger charge is 2.11. The van der Waals surface area contributed by atoms with Crippen LogP contribution in [0.5, 0.6) is 0 Å². The lowest BCUT2D eigenvalue weighted by Gasteiger charge is -2.00. The van der Waals surface area contributed by atoms with Crippen molar-refractivity contribution >= 4 is 21.2 Å². The quantitative estimate of drug-likeness (QED) is 0.773. The largest absolute Gasteiger partial charge is 0.383 e. The molecule has 21 heavy (non-hydrogen) atoms. The minimum atomic E-state index is -3.22. The molecule has 0 amide bonds. The Bertz CT molecular complexity index is 698. The highest BCUT2D eigenvalue weighted by Crippen LogP contribution is 2.25. The molecule has 0 saturated carbocycles. The van der Waals surface area contributed by atoms with E-state index >= 15 is 0 Å². The van der Waals surface area contributed by atoms with Gasteiger partial charge in [-0.2, -0.15) is 0 Å². The molecule has 0 aliphatic heterocycles. The highest BCUT2D eigenvalue weighted by atomic mass is 32.2. The molecule has 0 aliphatic rings. The average molecular weight is 327 g/mol. The first kappa shape index (κ1) is 16.0. The van der Waals surface area contributed by atoms with E-state index in [2.05, 4.69) is 15.5 Å². The molecule has 2 aromatic rings. The van der Waals surface area contributed by atoms with E-state index in [-0.39, 0.29) is 4.90 Å². The van der Waals surface area contributed by atoms with Gasteiger partial charge in [0, 0.05) is 32.0 Å². The van der Waals surface area contributed by atoms with Crippen molar-refractivity contribution in [3.63, 3.8) is 0 Å². The monoisotopic (exact) mass is 327 g/mol. The first-order chi connectivity index (χ1) is 10.0. The topological polar surface area (TPSA) is 81.2 Å². The van der Waals surface area contributed by atoms with Gasteiger partial charge in [0.2, 0.25) is 0 Å². The number of hydrogen-bond acceptors (Lipinski definition) is 7. The lowest BCUT2D eigenvalue weighted by Crippen LogP contribution is -2.18. The summed E-state index contributed by atoms with van der Waals surface area (Å²) in [5, 5.41) is 13.0. The van der Waals surface area contributed by atoms with Crippen LogP contribution in [0.25, 0.3) is 10.6 Å². The number of rotatable bonds is 7. The standard InChI is InChI=1S/C13H17N3O3S2/c1-19-7-6-14-9-12-15-16-13(20-12)10-4-3-5-11(8-10)21(2,17)18/h3-5,8,14H,6-7,9H2,1-2H3. The number of methoxy groups -OCH3 is 1. The zero-order valence-corrected chi connectivity index (χ0v) is 13.5. The van der Waals surface area contributed by atoms with E-state index in [0.717, 1.165) is 17.1 Å². The molecule has 1 aromatic carbocycles. The van der Waals surface area contributed by atoms with E-state index in [4.69, 9.17) is 4.74 Å². The molecule has 0 atom stereocenters. The number of sulfone groups is 1. The zero-order valence-electron chi connectivity index (χ0n) is 11.9. The number of nitrogens with zero attached hydrogens (tertiary/aromatic N) is 2. The summed E-state index contributed by atoms with van der Waals surface area (Å²) in [5.74, 6) is 0. The number of aromatic nitrogens is 2. The summed E-state index contributed by atoms with van der Waals surface area (Å²) < 4.78 is 28.1. The maximum Gasteiger partial charge on any atom is 0.175 e. The molecule has 0 saturated heterocycles. The number of hydrogen-bond donors (Lipinski definition) is 1. The molecule has 0 bridgehead atoms. The van der Waals surface area contributed by atoms with Crippen LogP contribution in [0.1, 0.15) is 5.01 Å².